The highest BCUT2D eigenvalue weighted by Gasteiger charge is 2.18. The van der Waals surface area contributed by atoms with Crippen LogP contribution in [0.4, 0.5) is 5.69 Å². The van der Waals surface area contributed by atoms with Crippen molar-refractivity contribution in [3.63, 3.8) is 0 Å². The third kappa shape index (κ3) is 5.61. The number of benzene rings is 2. The molecule has 0 aromatic heterocycles. The first-order chi connectivity index (χ1) is 11.8. The molecule has 0 aliphatic carbocycles. The van der Waals surface area contributed by atoms with Crippen LogP contribution in [-0.2, 0) is 20.7 Å². The fourth-order valence-electron chi connectivity index (χ4n) is 2.02. The summed E-state index contributed by atoms with van der Waals surface area (Å²) in [5, 5.41) is 3.17. The van der Waals surface area contributed by atoms with Crippen LogP contribution in [0.15, 0.2) is 48.5 Å². The van der Waals surface area contributed by atoms with Crippen LogP contribution in [0, 0.1) is 0 Å². The maximum atomic E-state index is 12.1. The minimum atomic E-state index is -0.962. The quantitative estimate of drug-likeness (QED) is 0.773. The number of esters is 1. The third-order valence-corrected chi connectivity index (χ3v) is 3.63. The Morgan fingerprint density at radius 3 is 2.24 bits per heavy atom. The van der Waals surface area contributed by atoms with Gasteiger partial charge < -0.3 is 15.8 Å². The van der Waals surface area contributed by atoms with E-state index in [4.69, 9.17) is 22.1 Å². The summed E-state index contributed by atoms with van der Waals surface area (Å²) in [6, 6.07) is 12.9. The second-order valence-electron chi connectivity index (χ2n) is 5.37. The van der Waals surface area contributed by atoms with Crippen LogP contribution < -0.4 is 11.1 Å². The van der Waals surface area contributed by atoms with Gasteiger partial charge in [-0.15, -0.1) is 0 Å². The highest BCUT2D eigenvalue weighted by atomic mass is 35.5. The number of anilines is 1. The molecule has 130 valence electrons. The van der Waals surface area contributed by atoms with E-state index in [-0.39, 0.29) is 6.42 Å². The van der Waals surface area contributed by atoms with Gasteiger partial charge in [-0.05, 0) is 48.9 Å². The van der Waals surface area contributed by atoms with Crippen LogP contribution in [0.25, 0.3) is 0 Å². The van der Waals surface area contributed by atoms with Crippen molar-refractivity contribution in [3.8, 4) is 0 Å². The molecule has 0 radical (unpaired) electrons. The number of primary amides is 1. The molecule has 0 heterocycles. The van der Waals surface area contributed by atoms with Crippen molar-refractivity contribution in [3.05, 3.63) is 64.7 Å². The van der Waals surface area contributed by atoms with E-state index in [0.717, 1.165) is 5.56 Å². The Hall–Kier alpha value is -2.86. The summed E-state index contributed by atoms with van der Waals surface area (Å²) in [5.74, 6) is -1.55. The first kappa shape index (κ1) is 18.5. The summed E-state index contributed by atoms with van der Waals surface area (Å²) in [6.07, 6.45) is -0.919. The van der Waals surface area contributed by atoms with E-state index in [1.807, 2.05) is 0 Å². The van der Waals surface area contributed by atoms with E-state index in [0.29, 0.717) is 16.3 Å². The molecule has 0 unspecified atom stereocenters. The van der Waals surface area contributed by atoms with Crippen molar-refractivity contribution in [1.82, 2.24) is 0 Å². The van der Waals surface area contributed by atoms with Crippen molar-refractivity contribution in [2.75, 3.05) is 5.32 Å². The zero-order valence-corrected chi connectivity index (χ0v) is 14.2. The average Bonchev–Trinajstić information content (AvgIpc) is 2.57. The van der Waals surface area contributed by atoms with Gasteiger partial charge >= 0.3 is 5.97 Å². The lowest BCUT2D eigenvalue weighted by Gasteiger charge is -2.13. The fraction of sp³-hybridized carbons (Fsp3) is 0.167. The molecule has 0 saturated heterocycles. The van der Waals surface area contributed by atoms with Gasteiger partial charge in [-0.2, -0.15) is 0 Å². The van der Waals surface area contributed by atoms with Gasteiger partial charge in [0.05, 0.1) is 6.42 Å². The standard InChI is InChI=1S/C18H17ClN2O4/c1-11(25-16(22)10-12-2-6-14(19)7-3-12)18(24)21-15-8-4-13(5-9-15)17(20)23/h2-9,11H,10H2,1H3,(H2,20,23)(H,21,24)/t11-/m0/s1. The van der Waals surface area contributed by atoms with E-state index >= 15 is 0 Å². The number of nitrogens with one attached hydrogen (secondary N) is 1. The molecule has 0 bridgehead atoms. The van der Waals surface area contributed by atoms with Crippen LogP contribution in [0.5, 0.6) is 0 Å². The molecule has 7 heteroatoms. The van der Waals surface area contributed by atoms with Crippen molar-refractivity contribution in [2.24, 2.45) is 5.73 Å². The Balaban J connectivity index is 1.87. The van der Waals surface area contributed by atoms with Gasteiger partial charge in [0.15, 0.2) is 6.10 Å². The number of halogens is 1. The van der Waals surface area contributed by atoms with Crippen LogP contribution in [-0.4, -0.2) is 23.9 Å². The van der Waals surface area contributed by atoms with E-state index < -0.39 is 23.9 Å². The Kier molecular flexibility index (Phi) is 6.14. The van der Waals surface area contributed by atoms with Crippen LogP contribution in [0.2, 0.25) is 5.02 Å². The normalized spacial score (nSPS) is 11.4. The molecule has 0 aliphatic rings. The highest BCUT2D eigenvalue weighted by molar-refractivity contribution is 6.30. The molecule has 0 saturated carbocycles. The molecular formula is C18H17ClN2O4. The number of carbonyl (C=O) groups excluding carboxylic acids is 3. The minimum Gasteiger partial charge on any atom is -0.452 e. The Morgan fingerprint density at radius 1 is 1.08 bits per heavy atom. The predicted octanol–water partition coefficient (Wildman–Crippen LogP) is 2.55. The van der Waals surface area contributed by atoms with E-state index in [1.54, 1.807) is 36.4 Å². The number of amides is 2. The Labute approximate surface area is 149 Å². The zero-order chi connectivity index (χ0) is 18.4. The lowest BCUT2D eigenvalue weighted by atomic mass is 10.1. The molecule has 1 atom stereocenters. The molecule has 0 spiro atoms. The fourth-order valence-corrected chi connectivity index (χ4v) is 2.15. The van der Waals surface area contributed by atoms with Crippen molar-refractivity contribution >= 4 is 35.1 Å². The van der Waals surface area contributed by atoms with Crippen molar-refractivity contribution in [2.45, 2.75) is 19.4 Å². The lowest BCUT2D eigenvalue weighted by Crippen LogP contribution is -2.30. The number of nitrogens with two attached hydrogens (primary N) is 1. The van der Waals surface area contributed by atoms with E-state index in [2.05, 4.69) is 5.32 Å². The summed E-state index contributed by atoms with van der Waals surface area (Å²) >= 11 is 5.78. The first-order valence-electron chi connectivity index (χ1n) is 7.50. The maximum absolute atomic E-state index is 12.1. The molecule has 2 aromatic carbocycles. The van der Waals surface area contributed by atoms with E-state index in [9.17, 15) is 14.4 Å². The largest absolute Gasteiger partial charge is 0.452 e. The van der Waals surface area contributed by atoms with Crippen LogP contribution in [0.1, 0.15) is 22.8 Å². The molecule has 6 nitrogen and oxygen atoms in total. The van der Waals surface area contributed by atoms with Crippen LogP contribution >= 0.6 is 11.6 Å². The zero-order valence-electron chi connectivity index (χ0n) is 13.5. The number of hydrogen-bond donors (Lipinski definition) is 2. The number of carbonyl (C=O) groups is 3. The summed E-state index contributed by atoms with van der Waals surface area (Å²) in [4.78, 5) is 35.0. The molecule has 2 amide bonds. The molecule has 2 rings (SSSR count). The Morgan fingerprint density at radius 2 is 1.68 bits per heavy atom. The molecule has 3 N–H and O–H groups in total. The van der Waals surface area contributed by atoms with Crippen molar-refractivity contribution in [1.29, 1.82) is 0 Å². The summed E-state index contributed by atoms with van der Waals surface area (Å²) in [5.41, 5.74) is 6.69. The molecule has 0 aliphatic heterocycles. The van der Waals surface area contributed by atoms with Gasteiger partial charge in [0.1, 0.15) is 0 Å². The SMILES string of the molecule is C[C@H](OC(=O)Cc1ccc(Cl)cc1)C(=O)Nc1ccc(C(N)=O)cc1. The van der Waals surface area contributed by atoms with E-state index in [1.165, 1.54) is 19.1 Å². The van der Waals surface area contributed by atoms with Crippen molar-refractivity contribution < 1.29 is 19.1 Å². The number of ether oxygens (including phenoxy) is 1. The maximum Gasteiger partial charge on any atom is 0.311 e. The number of hydrogen-bond acceptors (Lipinski definition) is 4. The summed E-state index contributed by atoms with van der Waals surface area (Å²) in [7, 11) is 0. The predicted molar refractivity (Wildman–Crippen MR) is 94.3 cm³/mol. The molecular weight excluding hydrogens is 344 g/mol. The van der Waals surface area contributed by atoms with Gasteiger partial charge in [0.25, 0.3) is 5.91 Å². The summed E-state index contributed by atoms with van der Waals surface area (Å²) in [6.45, 7) is 1.48. The Bertz CT molecular complexity index is 773. The van der Waals surface area contributed by atoms with Gasteiger partial charge in [-0.25, -0.2) is 0 Å². The highest BCUT2D eigenvalue weighted by Crippen LogP contribution is 2.12. The molecule has 0 fully saturated rings. The minimum absolute atomic E-state index is 0.0437. The first-order valence-corrected chi connectivity index (χ1v) is 7.87. The molecule has 2 aromatic rings. The topological polar surface area (TPSA) is 98.5 Å². The monoisotopic (exact) mass is 360 g/mol. The lowest BCUT2D eigenvalue weighted by molar-refractivity contribution is -0.152. The second kappa shape index (κ2) is 8.30. The van der Waals surface area contributed by atoms with Gasteiger partial charge in [0.2, 0.25) is 5.91 Å². The second-order valence-corrected chi connectivity index (χ2v) is 5.80. The van der Waals surface area contributed by atoms with Gasteiger partial charge in [-0.3, -0.25) is 14.4 Å². The number of rotatable bonds is 6. The van der Waals surface area contributed by atoms with Crippen LogP contribution in [0.3, 0.4) is 0 Å². The third-order valence-electron chi connectivity index (χ3n) is 3.38. The molecule has 25 heavy (non-hydrogen) atoms. The van der Waals surface area contributed by atoms with Gasteiger partial charge in [0, 0.05) is 16.3 Å². The van der Waals surface area contributed by atoms with Gasteiger partial charge in [-0.1, -0.05) is 23.7 Å². The summed E-state index contributed by atoms with van der Waals surface area (Å²) < 4.78 is 5.12. The smallest absolute Gasteiger partial charge is 0.311 e. The average molecular weight is 361 g/mol.